The van der Waals surface area contributed by atoms with Crippen LogP contribution in [0.25, 0.3) is 0 Å². The van der Waals surface area contributed by atoms with Crippen LogP contribution in [0.15, 0.2) is 18.2 Å². The van der Waals surface area contributed by atoms with Crippen molar-refractivity contribution in [1.29, 1.82) is 0 Å². The van der Waals surface area contributed by atoms with Crippen LogP contribution < -0.4 is 10.6 Å². The van der Waals surface area contributed by atoms with Gasteiger partial charge in [-0.2, -0.15) is 0 Å². The Morgan fingerprint density at radius 2 is 2.19 bits per heavy atom. The summed E-state index contributed by atoms with van der Waals surface area (Å²) < 4.78 is 0. The Morgan fingerprint density at radius 3 is 2.75 bits per heavy atom. The summed E-state index contributed by atoms with van der Waals surface area (Å²) in [7, 11) is 0. The van der Waals surface area contributed by atoms with Gasteiger partial charge in [0, 0.05) is 24.8 Å². The molecule has 0 heterocycles. The second-order valence-corrected chi connectivity index (χ2v) is 4.48. The smallest absolute Gasteiger partial charge is 0.0606 e. The summed E-state index contributed by atoms with van der Waals surface area (Å²) in [6.07, 6.45) is 2.47. The van der Waals surface area contributed by atoms with E-state index in [0.717, 1.165) is 0 Å². The molecule has 3 nitrogen and oxygen atoms in total. The van der Waals surface area contributed by atoms with Crippen LogP contribution in [0.2, 0.25) is 0 Å². The number of hydrogen-bond donors (Lipinski definition) is 2. The summed E-state index contributed by atoms with van der Waals surface area (Å²) in [6, 6.07) is 6.97. The zero-order chi connectivity index (χ0) is 11.5. The first-order valence-electron chi connectivity index (χ1n) is 5.93. The largest absolute Gasteiger partial charge is 0.395 e. The van der Waals surface area contributed by atoms with Gasteiger partial charge in [0.15, 0.2) is 0 Å². The van der Waals surface area contributed by atoms with Crippen LogP contribution in [-0.4, -0.2) is 24.3 Å². The molecule has 0 atom stereocenters. The number of hydrogen-bond acceptors (Lipinski definition) is 3. The Morgan fingerprint density at radius 1 is 1.44 bits per heavy atom. The first kappa shape index (κ1) is 11.4. The van der Waals surface area contributed by atoms with Crippen LogP contribution >= 0.6 is 0 Å². The summed E-state index contributed by atoms with van der Waals surface area (Å²) >= 11 is 0. The fourth-order valence-electron chi connectivity index (χ4n) is 2.11. The molecule has 16 heavy (non-hydrogen) atoms. The number of nitrogens with two attached hydrogens (primary N) is 1. The van der Waals surface area contributed by atoms with Gasteiger partial charge in [0.2, 0.25) is 0 Å². The standard InChI is InChI=1S/C13H20N2O/c1-10-2-3-11(9-14)13(8-10)15(6-7-16)12-4-5-12/h2-3,8,12,16H,4-7,9,14H2,1H3. The summed E-state index contributed by atoms with van der Waals surface area (Å²) in [4.78, 5) is 2.30. The van der Waals surface area contributed by atoms with Gasteiger partial charge in [-0.15, -0.1) is 0 Å². The van der Waals surface area contributed by atoms with E-state index in [-0.39, 0.29) is 6.61 Å². The Bertz CT molecular complexity index is 361. The predicted molar refractivity (Wildman–Crippen MR) is 66.5 cm³/mol. The number of anilines is 1. The van der Waals surface area contributed by atoms with Gasteiger partial charge in [0.05, 0.1) is 6.61 Å². The van der Waals surface area contributed by atoms with E-state index in [9.17, 15) is 0 Å². The number of rotatable bonds is 5. The van der Waals surface area contributed by atoms with Crippen molar-refractivity contribution in [3.8, 4) is 0 Å². The van der Waals surface area contributed by atoms with Crippen molar-refractivity contribution >= 4 is 5.69 Å². The van der Waals surface area contributed by atoms with Gasteiger partial charge in [0.1, 0.15) is 0 Å². The van der Waals surface area contributed by atoms with Crippen molar-refractivity contribution in [2.75, 3.05) is 18.1 Å². The maximum atomic E-state index is 9.13. The van der Waals surface area contributed by atoms with E-state index in [2.05, 4.69) is 30.0 Å². The van der Waals surface area contributed by atoms with E-state index in [1.165, 1.54) is 29.7 Å². The molecule has 1 saturated carbocycles. The normalized spacial score (nSPS) is 15.2. The lowest BCUT2D eigenvalue weighted by atomic mass is 10.1. The fraction of sp³-hybridized carbons (Fsp3) is 0.538. The topological polar surface area (TPSA) is 49.5 Å². The Kier molecular flexibility index (Phi) is 3.46. The molecule has 0 amide bonds. The Hall–Kier alpha value is -1.06. The van der Waals surface area contributed by atoms with E-state index < -0.39 is 0 Å². The molecule has 3 heteroatoms. The summed E-state index contributed by atoms with van der Waals surface area (Å²) in [5.74, 6) is 0. The van der Waals surface area contributed by atoms with E-state index >= 15 is 0 Å². The number of aryl methyl sites for hydroxylation is 1. The second kappa shape index (κ2) is 4.85. The molecule has 1 fully saturated rings. The van der Waals surface area contributed by atoms with E-state index in [0.29, 0.717) is 19.1 Å². The van der Waals surface area contributed by atoms with Gasteiger partial charge in [-0.05, 0) is 37.0 Å². The highest BCUT2D eigenvalue weighted by molar-refractivity contribution is 5.57. The zero-order valence-electron chi connectivity index (χ0n) is 9.82. The minimum absolute atomic E-state index is 0.203. The third kappa shape index (κ3) is 2.36. The minimum Gasteiger partial charge on any atom is -0.395 e. The molecule has 2 rings (SSSR count). The predicted octanol–water partition coefficient (Wildman–Crippen LogP) is 1.41. The third-order valence-electron chi connectivity index (χ3n) is 3.10. The van der Waals surface area contributed by atoms with Crippen molar-refractivity contribution in [3.63, 3.8) is 0 Å². The summed E-state index contributed by atoms with van der Waals surface area (Å²) in [6.45, 7) is 3.56. The van der Waals surface area contributed by atoms with Gasteiger partial charge in [0.25, 0.3) is 0 Å². The second-order valence-electron chi connectivity index (χ2n) is 4.48. The van der Waals surface area contributed by atoms with Gasteiger partial charge in [-0.25, -0.2) is 0 Å². The Labute approximate surface area is 96.9 Å². The van der Waals surface area contributed by atoms with Gasteiger partial charge >= 0.3 is 0 Å². The van der Waals surface area contributed by atoms with Crippen molar-refractivity contribution in [2.24, 2.45) is 5.73 Å². The molecule has 1 aromatic carbocycles. The van der Waals surface area contributed by atoms with Crippen molar-refractivity contribution in [3.05, 3.63) is 29.3 Å². The average molecular weight is 220 g/mol. The number of aliphatic hydroxyl groups excluding tert-OH is 1. The van der Waals surface area contributed by atoms with Gasteiger partial charge < -0.3 is 15.7 Å². The van der Waals surface area contributed by atoms with E-state index in [1.807, 2.05) is 0 Å². The van der Waals surface area contributed by atoms with Crippen molar-refractivity contribution in [1.82, 2.24) is 0 Å². The van der Waals surface area contributed by atoms with Crippen molar-refractivity contribution in [2.45, 2.75) is 32.4 Å². The van der Waals surface area contributed by atoms with Crippen LogP contribution in [0.3, 0.4) is 0 Å². The zero-order valence-corrected chi connectivity index (χ0v) is 9.82. The molecule has 1 aliphatic rings. The number of aliphatic hydroxyl groups is 1. The molecule has 0 bridgehead atoms. The fourth-order valence-corrected chi connectivity index (χ4v) is 2.11. The third-order valence-corrected chi connectivity index (χ3v) is 3.10. The summed E-state index contributed by atoms with van der Waals surface area (Å²) in [5, 5.41) is 9.13. The molecular formula is C13H20N2O. The monoisotopic (exact) mass is 220 g/mol. The Balaban J connectivity index is 2.30. The van der Waals surface area contributed by atoms with Gasteiger partial charge in [-0.3, -0.25) is 0 Å². The molecule has 0 saturated heterocycles. The van der Waals surface area contributed by atoms with Crippen LogP contribution in [-0.2, 0) is 6.54 Å². The number of benzene rings is 1. The lowest BCUT2D eigenvalue weighted by molar-refractivity contribution is 0.301. The van der Waals surface area contributed by atoms with E-state index in [4.69, 9.17) is 10.8 Å². The maximum absolute atomic E-state index is 9.13. The molecular weight excluding hydrogens is 200 g/mol. The van der Waals surface area contributed by atoms with Crippen molar-refractivity contribution < 1.29 is 5.11 Å². The lowest BCUT2D eigenvalue weighted by Crippen LogP contribution is -2.30. The minimum atomic E-state index is 0.203. The van der Waals surface area contributed by atoms with Crippen LogP contribution in [0.4, 0.5) is 5.69 Å². The maximum Gasteiger partial charge on any atom is 0.0606 e. The highest BCUT2D eigenvalue weighted by atomic mass is 16.3. The average Bonchev–Trinajstić information content (AvgIpc) is 3.10. The van der Waals surface area contributed by atoms with E-state index in [1.54, 1.807) is 0 Å². The van der Waals surface area contributed by atoms with Gasteiger partial charge in [-0.1, -0.05) is 12.1 Å². The molecule has 0 spiro atoms. The first-order chi connectivity index (χ1) is 7.76. The number of nitrogens with zero attached hydrogens (tertiary/aromatic N) is 1. The molecule has 0 aliphatic heterocycles. The highest BCUT2D eigenvalue weighted by Crippen LogP contribution is 2.33. The van der Waals surface area contributed by atoms with Crippen LogP contribution in [0.5, 0.6) is 0 Å². The molecule has 88 valence electrons. The van der Waals surface area contributed by atoms with Crippen LogP contribution in [0, 0.1) is 6.92 Å². The molecule has 1 aromatic rings. The molecule has 0 aromatic heterocycles. The lowest BCUT2D eigenvalue weighted by Gasteiger charge is -2.26. The van der Waals surface area contributed by atoms with Crippen LogP contribution in [0.1, 0.15) is 24.0 Å². The first-order valence-corrected chi connectivity index (χ1v) is 5.93. The SMILES string of the molecule is Cc1ccc(CN)c(N(CCO)C2CC2)c1. The molecule has 0 radical (unpaired) electrons. The molecule has 3 N–H and O–H groups in total. The quantitative estimate of drug-likeness (QED) is 0.789. The molecule has 1 aliphatic carbocycles. The highest BCUT2D eigenvalue weighted by Gasteiger charge is 2.29. The summed E-state index contributed by atoms with van der Waals surface area (Å²) in [5.41, 5.74) is 9.39. The molecule has 0 unspecified atom stereocenters.